The van der Waals surface area contributed by atoms with E-state index in [0.29, 0.717) is 6.42 Å². The van der Waals surface area contributed by atoms with E-state index in [1.807, 2.05) is 24.3 Å². The summed E-state index contributed by atoms with van der Waals surface area (Å²) in [6.07, 6.45) is 1.29. The van der Waals surface area contributed by atoms with Gasteiger partial charge in [0.25, 0.3) is 0 Å². The predicted molar refractivity (Wildman–Crippen MR) is 77.1 cm³/mol. The molecule has 0 spiro atoms. The molecule has 0 aromatic heterocycles. The maximum Gasteiger partial charge on any atom is 0.142 e. The molecule has 0 aliphatic heterocycles. The Balaban J connectivity index is 2.17. The largest absolute Gasteiger partial charge is 0.388 e. The Morgan fingerprint density at radius 3 is 2.32 bits per heavy atom. The van der Waals surface area contributed by atoms with Crippen LogP contribution >= 0.6 is 11.6 Å². The average molecular weight is 277 g/mol. The Bertz CT molecular complexity index is 594. The normalized spacial score (nSPS) is 10.4. The van der Waals surface area contributed by atoms with Gasteiger partial charge in [-0.25, -0.2) is 4.39 Å². The van der Waals surface area contributed by atoms with Crippen LogP contribution in [0.25, 0.3) is 11.1 Å². The number of halogens is 2. The Hall–Kier alpha value is -1.87. The molecule has 0 atom stereocenters. The molecular formula is C15H14ClFN2. The minimum absolute atomic E-state index is 0.127. The highest BCUT2D eigenvalue weighted by Gasteiger charge is 2.03. The van der Waals surface area contributed by atoms with E-state index in [4.69, 9.17) is 22.7 Å². The standard InChI is InChI=1S/C15H14ClFN2/c16-13-7-6-12(9-14(13)17)11-4-1-10(2-5-11)3-8-15(18)19/h1-2,4-7,9H,3,8H2,(H3,18,19). The van der Waals surface area contributed by atoms with Gasteiger partial charge in [-0.1, -0.05) is 41.9 Å². The van der Waals surface area contributed by atoms with Crippen LogP contribution in [-0.4, -0.2) is 5.84 Å². The van der Waals surface area contributed by atoms with Gasteiger partial charge in [0, 0.05) is 6.42 Å². The predicted octanol–water partition coefficient (Wildman–Crippen LogP) is 4.01. The average Bonchev–Trinajstić information content (AvgIpc) is 2.40. The van der Waals surface area contributed by atoms with Crippen molar-refractivity contribution in [2.24, 2.45) is 5.73 Å². The van der Waals surface area contributed by atoms with Crippen LogP contribution in [0.15, 0.2) is 42.5 Å². The third-order valence-electron chi connectivity index (χ3n) is 2.89. The van der Waals surface area contributed by atoms with E-state index in [1.165, 1.54) is 6.07 Å². The smallest absolute Gasteiger partial charge is 0.142 e. The number of nitrogens with one attached hydrogen (secondary N) is 1. The van der Waals surface area contributed by atoms with Crippen molar-refractivity contribution in [1.29, 1.82) is 5.41 Å². The van der Waals surface area contributed by atoms with Gasteiger partial charge >= 0.3 is 0 Å². The van der Waals surface area contributed by atoms with Crippen LogP contribution in [-0.2, 0) is 6.42 Å². The summed E-state index contributed by atoms with van der Waals surface area (Å²) in [5.41, 5.74) is 8.15. The number of hydrogen-bond acceptors (Lipinski definition) is 1. The molecule has 3 N–H and O–H groups in total. The van der Waals surface area contributed by atoms with Crippen LogP contribution < -0.4 is 5.73 Å². The van der Waals surface area contributed by atoms with Gasteiger partial charge in [-0.3, -0.25) is 5.41 Å². The van der Waals surface area contributed by atoms with Crippen LogP contribution in [0.4, 0.5) is 4.39 Å². The van der Waals surface area contributed by atoms with Crippen molar-refractivity contribution < 1.29 is 4.39 Å². The van der Waals surface area contributed by atoms with Crippen molar-refractivity contribution >= 4 is 17.4 Å². The number of hydrogen-bond donors (Lipinski definition) is 2. The highest BCUT2D eigenvalue weighted by atomic mass is 35.5. The molecule has 2 aromatic carbocycles. The molecule has 0 aliphatic rings. The molecule has 4 heteroatoms. The first-order valence-electron chi connectivity index (χ1n) is 5.93. The molecule has 0 saturated heterocycles. The summed E-state index contributed by atoms with van der Waals surface area (Å²) >= 11 is 5.66. The second-order valence-electron chi connectivity index (χ2n) is 4.35. The fraction of sp³-hybridized carbons (Fsp3) is 0.133. The molecule has 98 valence electrons. The minimum Gasteiger partial charge on any atom is -0.388 e. The number of rotatable bonds is 4. The van der Waals surface area contributed by atoms with Gasteiger partial charge in [0.1, 0.15) is 5.82 Å². The Kier molecular flexibility index (Phi) is 4.17. The molecule has 0 radical (unpaired) electrons. The van der Waals surface area contributed by atoms with Gasteiger partial charge in [0.2, 0.25) is 0 Å². The molecule has 19 heavy (non-hydrogen) atoms. The first-order valence-corrected chi connectivity index (χ1v) is 6.31. The summed E-state index contributed by atoms with van der Waals surface area (Å²) in [4.78, 5) is 0. The SMILES string of the molecule is N=C(N)CCc1ccc(-c2ccc(Cl)c(F)c2)cc1. The third kappa shape index (κ3) is 3.55. The lowest BCUT2D eigenvalue weighted by Crippen LogP contribution is -2.10. The van der Waals surface area contributed by atoms with Gasteiger partial charge in [-0.05, 0) is 35.2 Å². The van der Waals surface area contributed by atoms with E-state index >= 15 is 0 Å². The number of nitrogens with two attached hydrogens (primary N) is 1. The van der Waals surface area contributed by atoms with Gasteiger partial charge in [-0.15, -0.1) is 0 Å². The molecule has 0 saturated carbocycles. The van der Waals surface area contributed by atoms with Crippen LogP contribution in [0.2, 0.25) is 5.02 Å². The zero-order chi connectivity index (χ0) is 13.8. The maximum absolute atomic E-state index is 13.4. The van der Waals surface area contributed by atoms with Crippen LogP contribution in [0.3, 0.4) is 0 Å². The molecule has 0 bridgehead atoms. The highest BCUT2D eigenvalue weighted by Crippen LogP contribution is 2.24. The minimum atomic E-state index is -0.417. The molecule has 0 heterocycles. The van der Waals surface area contributed by atoms with E-state index in [2.05, 4.69) is 0 Å². The topological polar surface area (TPSA) is 49.9 Å². The Labute approximate surface area is 116 Å². The van der Waals surface area contributed by atoms with Crippen molar-refractivity contribution in [3.8, 4) is 11.1 Å². The highest BCUT2D eigenvalue weighted by molar-refractivity contribution is 6.30. The van der Waals surface area contributed by atoms with Crippen molar-refractivity contribution in [2.45, 2.75) is 12.8 Å². The lowest BCUT2D eigenvalue weighted by molar-refractivity contribution is 0.629. The molecule has 2 rings (SSSR count). The zero-order valence-electron chi connectivity index (χ0n) is 10.3. The van der Waals surface area contributed by atoms with Gasteiger partial charge < -0.3 is 5.73 Å². The summed E-state index contributed by atoms with van der Waals surface area (Å²) in [6.45, 7) is 0. The molecule has 2 aromatic rings. The number of benzene rings is 2. The third-order valence-corrected chi connectivity index (χ3v) is 3.20. The van der Waals surface area contributed by atoms with Gasteiger partial charge in [0.15, 0.2) is 0 Å². The summed E-state index contributed by atoms with van der Waals surface area (Å²) < 4.78 is 13.4. The first-order chi connectivity index (χ1) is 9.06. The van der Waals surface area contributed by atoms with Gasteiger partial charge in [-0.2, -0.15) is 0 Å². The molecule has 0 amide bonds. The van der Waals surface area contributed by atoms with Crippen molar-refractivity contribution in [1.82, 2.24) is 0 Å². The van der Waals surface area contributed by atoms with Crippen molar-refractivity contribution in [3.05, 3.63) is 58.9 Å². The molecule has 0 unspecified atom stereocenters. The van der Waals surface area contributed by atoms with Gasteiger partial charge in [0.05, 0.1) is 10.9 Å². The molecule has 0 aliphatic carbocycles. The summed E-state index contributed by atoms with van der Waals surface area (Å²) in [6, 6.07) is 12.5. The number of amidine groups is 1. The second-order valence-corrected chi connectivity index (χ2v) is 4.76. The fourth-order valence-corrected chi connectivity index (χ4v) is 1.94. The van der Waals surface area contributed by atoms with Crippen molar-refractivity contribution in [3.63, 3.8) is 0 Å². The van der Waals surface area contributed by atoms with E-state index < -0.39 is 5.82 Å². The first kappa shape index (κ1) is 13.6. The number of aryl methyl sites for hydroxylation is 1. The summed E-state index contributed by atoms with van der Waals surface area (Å²) in [5.74, 6) is -0.233. The van der Waals surface area contributed by atoms with E-state index in [1.54, 1.807) is 12.1 Å². The lowest BCUT2D eigenvalue weighted by atomic mass is 10.0. The van der Waals surface area contributed by atoms with Crippen LogP contribution in [0.1, 0.15) is 12.0 Å². The van der Waals surface area contributed by atoms with Crippen LogP contribution in [0, 0.1) is 11.2 Å². The molecule has 2 nitrogen and oxygen atoms in total. The van der Waals surface area contributed by atoms with E-state index in [0.717, 1.165) is 23.1 Å². The fourth-order valence-electron chi connectivity index (χ4n) is 1.82. The Morgan fingerprint density at radius 2 is 1.74 bits per heavy atom. The Morgan fingerprint density at radius 1 is 1.11 bits per heavy atom. The summed E-state index contributed by atoms with van der Waals surface area (Å²) in [5, 5.41) is 7.31. The quantitative estimate of drug-likeness (QED) is 0.643. The molecular weight excluding hydrogens is 263 g/mol. The lowest BCUT2D eigenvalue weighted by Gasteiger charge is -2.05. The van der Waals surface area contributed by atoms with Crippen molar-refractivity contribution in [2.75, 3.05) is 0 Å². The second kappa shape index (κ2) is 5.85. The monoisotopic (exact) mass is 276 g/mol. The summed E-state index contributed by atoms with van der Waals surface area (Å²) in [7, 11) is 0. The maximum atomic E-state index is 13.4. The van der Waals surface area contributed by atoms with E-state index in [9.17, 15) is 4.39 Å². The van der Waals surface area contributed by atoms with Crippen LogP contribution in [0.5, 0.6) is 0 Å². The van der Waals surface area contributed by atoms with E-state index in [-0.39, 0.29) is 10.9 Å². The molecule has 0 fully saturated rings. The zero-order valence-corrected chi connectivity index (χ0v) is 11.0.